The van der Waals surface area contributed by atoms with E-state index in [4.69, 9.17) is 18.5 Å². The number of carbonyl (C=O) groups is 3. The van der Waals surface area contributed by atoms with Gasteiger partial charge in [0.1, 0.15) is 6.61 Å². The van der Waals surface area contributed by atoms with Crippen molar-refractivity contribution in [2.24, 2.45) is 0 Å². The van der Waals surface area contributed by atoms with Gasteiger partial charge >= 0.3 is 19.5 Å². The Morgan fingerprint density at radius 1 is 0.960 bits per heavy atom. The van der Waals surface area contributed by atoms with Crippen molar-refractivity contribution in [3.63, 3.8) is 0 Å². The number of esters is 2. The largest absolute Gasteiger partial charge is 0.462 e. The van der Waals surface area contributed by atoms with Crippen molar-refractivity contribution < 1.29 is 37.5 Å². The molecule has 0 aliphatic heterocycles. The zero-order chi connectivity index (χ0) is 19.3. The molecule has 0 aliphatic rings. The summed E-state index contributed by atoms with van der Waals surface area (Å²) in [6, 6.07) is 0. The van der Waals surface area contributed by atoms with Crippen LogP contribution in [0.3, 0.4) is 0 Å². The molecule has 0 saturated heterocycles. The van der Waals surface area contributed by atoms with E-state index in [-0.39, 0.29) is 45.1 Å². The molecule has 0 aliphatic carbocycles. The van der Waals surface area contributed by atoms with E-state index in [1.54, 1.807) is 20.8 Å². The van der Waals surface area contributed by atoms with Crippen LogP contribution in [0.25, 0.3) is 0 Å². The second-order valence-corrected chi connectivity index (χ2v) is 7.16. The van der Waals surface area contributed by atoms with Gasteiger partial charge in [0.2, 0.25) is 5.91 Å². The van der Waals surface area contributed by atoms with E-state index in [0.717, 1.165) is 0 Å². The molecule has 10 heteroatoms. The maximum absolute atomic E-state index is 12.2. The van der Waals surface area contributed by atoms with E-state index in [9.17, 15) is 18.9 Å². The normalized spacial score (nSPS) is 14.2. The Kier molecular flexibility index (Phi) is 12.1. The van der Waals surface area contributed by atoms with Crippen LogP contribution in [0.1, 0.15) is 40.0 Å². The Morgan fingerprint density at radius 3 is 2.16 bits per heavy atom. The van der Waals surface area contributed by atoms with E-state index < -0.39 is 25.6 Å². The van der Waals surface area contributed by atoms with Crippen LogP contribution in [0, 0.1) is 0 Å². The van der Waals surface area contributed by atoms with Gasteiger partial charge in [-0.2, -0.15) is 0 Å². The first-order valence-electron chi connectivity index (χ1n) is 8.22. The van der Waals surface area contributed by atoms with Gasteiger partial charge in [-0.05, 0) is 0 Å². The highest BCUT2D eigenvalue weighted by Gasteiger charge is 2.23. The summed E-state index contributed by atoms with van der Waals surface area (Å²) < 4.78 is 32.5. The lowest BCUT2D eigenvalue weighted by Gasteiger charge is -2.20. The number of nitrogens with one attached hydrogen (secondary N) is 1. The first kappa shape index (κ1) is 23.6. The molecule has 1 amide bonds. The standard InChI is InChI=1S/C15H28NO8P/c1-5-13(17)16-8-9-22-25(4,20)23-11-12(24-15(19)7-3)10-21-14(18)6-2/h12H,5-11H2,1-4H3,(H,16,17). The third-order valence-electron chi connectivity index (χ3n) is 2.87. The van der Waals surface area contributed by atoms with E-state index >= 15 is 0 Å². The van der Waals surface area contributed by atoms with Crippen LogP contribution in [-0.4, -0.2) is 57.0 Å². The van der Waals surface area contributed by atoms with Crippen LogP contribution < -0.4 is 5.32 Å². The van der Waals surface area contributed by atoms with Gasteiger partial charge in [0, 0.05) is 32.5 Å². The lowest BCUT2D eigenvalue weighted by Crippen LogP contribution is -2.29. The smallest absolute Gasteiger partial charge is 0.327 e. The van der Waals surface area contributed by atoms with Crippen LogP contribution in [0.5, 0.6) is 0 Å². The highest BCUT2D eigenvalue weighted by molar-refractivity contribution is 7.52. The zero-order valence-electron chi connectivity index (χ0n) is 15.2. The molecule has 9 nitrogen and oxygen atoms in total. The van der Waals surface area contributed by atoms with Gasteiger partial charge < -0.3 is 23.8 Å². The molecule has 0 radical (unpaired) electrons. The predicted molar refractivity (Wildman–Crippen MR) is 90.2 cm³/mol. The molecular weight excluding hydrogens is 353 g/mol. The molecule has 1 N–H and O–H groups in total. The molecule has 0 aromatic heterocycles. The van der Waals surface area contributed by atoms with Crippen molar-refractivity contribution >= 4 is 25.4 Å². The molecule has 0 aromatic carbocycles. The summed E-state index contributed by atoms with van der Waals surface area (Å²) >= 11 is 0. The average molecular weight is 381 g/mol. The summed E-state index contributed by atoms with van der Waals surface area (Å²) in [5.74, 6) is -1.07. The van der Waals surface area contributed by atoms with Gasteiger partial charge in [-0.15, -0.1) is 0 Å². The van der Waals surface area contributed by atoms with E-state index in [1.807, 2.05) is 0 Å². The van der Waals surface area contributed by atoms with Gasteiger partial charge in [-0.1, -0.05) is 20.8 Å². The van der Waals surface area contributed by atoms with Crippen molar-refractivity contribution in [3.8, 4) is 0 Å². The first-order valence-corrected chi connectivity index (χ1v) is 10.2. The molecular formula is C15H28NO8P. The number of hydrogen-bond donors (Lipinski definition) is 1. The molecule has 146 valence electrons. The minimum absolute atomic E-state index is 0.0176. The van der Waals surface area contributed by atoms with Crippen LogP contribution in [-0.2, 0) is 37.5 Å². The maximum atomic E-state index is 12.2. The van der Waals surface area contributed by atoms with Gasteiger partial charge in [0.25, 0.3) is 0 Å². The third-order valence-corrected chi connectivity index (χ3v) is 4.14. The van der Waals surface area contributed by atoms with Gasteiger partial charge in [-0.3, -0.25) is 18.9 Å². The number of amides is 1. The van der Waals surface area contributed by atoms with Crippen LogP contribution in [0.2, 0.25) is 0 Å². The second kappa shape index (κ2) is 12.9. The molecule has 0 heterocycles. The van der Waals surface area contributed by atoms with Crippen LogP contribution in [0.4, 0.5) is 0 Å². The van der Waals surface area contributed by atoms with E-state index in [1.165, 1.54) is 6.66 Å². The summed E-state index contributed by atoms with van der Waals surface area (Å²) in [7, 11) is -3.40. The number of hydrogen-bond acceptors (Lipinski definition) is 8. The molecule has 0 rings (SSSR count). The molecule has 0 saturated carbocycles. The number of ether oxygens (including phenoxy) is 2. The number of carbonyl (C=O) groups excluding carboxylic acids is 3. The minimum Gasteiger partial charge on any atom is -0.462 e. The molecule has 0 spiro atoms. The Labute approximate surface area is 148 Å². The Hall–Kier alpha value is -1.44. The van der Waals surface area contributed by atoms with Crippen molar-refractivity contribution in [3.05, 3.63) is 0 Å². The minimum atomic E-state index is -3.40. The van der Waals surface area contributed by atoms with Crippen LogP contribution in [0.15, 0.2) is 0 Å². The summed E-state index contributed by atoms with van der Waals surface area (Å²) in [5.41, 5.74) is 0. The second-order valence-electron chi connectivity index (χ2n) is 5.11. The van der Waals surface area contributed by atoms with E-state index in [2.05, 4.69) is 5.32 Å². The fourth-order valence-electron chi connectivity index (χ4n) is 1.46. The lowest BCUT2D eigenvalue weighted by atomic mass is 10.4. The molecule has 0 fully saturated rings. The lowest BCUT2D eigenvalue weighted by molar-refractivity contribution is -0.160. The molecule has 0 bridgehead atoms. The van der Waals surface area contributed by atoms with Gasteiger partial charge in [-0.25, -0.2) is 0 Å². The van der Waals surface area contributed by atoms with Gasteiger partial charge in [0.05, 0.1) is 13.2 Å². The topological polar surface area (TPSA) is 117 Å². The third kappa shape index (κ3) is 12.6. The van der Waals surface area contributed by atoms with E-state index in [0.29, 0.717) is 6.42 Å². The van der Waals surface area contributed by atoms with Crippen LogP contribution >= 0.6 is 7.60 Å². The van der Waals surface area contributed by atoms with Gasteiger partial charge in [0.15, 0.2) is 6.10 Å². The number of rotatable bonds is 13. The Balaban J connectivity index is 4.36. The molecule has 2 unspecified atom stereocenters. The van der Waals surface area contributed by atoms with Crippen molar-refractivity contribution in [2.45, 2.75) is 46.1 Å². The van der Waals surface area contributed by atoms with Crippen molar-refractivity contribution in [1.82, 2.24) is 5.32 Å². The fourth-order valence-corrected chi connectivity index (χ4v) is 2.39. The summed E-state index contributed by atoms with van der Waals surface area (Å²) in [6.45, 7) is 6.04. The highest BCUT2D eigenvalue weighted by Crippen LogP contribution is 2.43. The average Bonchev–Trinajstić information content (AvgIpc) is 2.60. The quantitative estimate of drug-likeness (QED) is 0.291. The molecule has 0 aromatic rings. The monoisotopic (exact) mass is 381 g/mol. The summed E-state index contributed by atoms with van der Waals surface area (Å²) in [4.78, 5) is 33.7. The fraction of sp³-hybridized carbons (Fsp3) is 0.800. The summed E-state index contributed by atoms with van der Waals surface area (Å²) in [5, 5.41) is 2.58. The zero-order valence-corrected chi connectivity index (χ0v) is 16.1. The predicted octanol–water partition coefficient (Wildman–Crippen LogP) is 1.64. The molecule has 25 heavy (non-hydrogen) atoms. The first-order chi connectivity index (χ1) is 11.7. The summed E-state index contributed by atoms with van der Waals surface area (Å²) in [6.07, 6.45) is -0.190. The highest BCUT2D eigenvalue weighted by atomic mass is 31.2. The maximum Gasteiger partial charge on any atom is 0.327 e. The Bertz CT molecular complexity index is 482. The molecule has 2 atom stereocenters. The van der Waals surface area contributed by atoms with Crippen molar-refractivity contribution in [2.75, 3.05) is 33.0 Å². The Morgan fingerprint density at radius 2 is 1.60 bits per heavy atom. The SMILES string of the molecule is CCC(=O)NCCOP(C)(=O)OCC(COC(=O)CC)OC(=O)CC. The van der Waals surface area contributed by atoms with Crippen molar-refractivity contribution in [1.29, 1.82) is 0 Å².